The number of ether oxygens (including phenoxy) is 3. The number of carboxylic acid groups (broad SMARTS) is 1. The first-order valence-corrected chi connectivity index (χ1v) is 16.1. The molecule has 9 nitrogen and oxygen atoms in total. The molecule has 0 radical (unpaired) electrons. The number of benzene rings is 2. The fraction of sp³-hybridized carbons (Fsp3) is 0.514. The van der Waals surface area contributed by atoms with Gasteiger partial charge in [0.15, 0.2) is 0 Å². The van der Waals surface area contributed by atoms with E-state index in [1.54, 1.807) is 7.11 Å². The van der Waals surface area contributed by atoms with Crippen LogP contribution in [0.25, 0.3) is 11.3 Å². The van der Waals surface area contributed by atoms with Crippen LogP contribution in [0.5, 0.6) is 11.5 Å². The number of halogens is 2. The molecule has 250 valence electrons. The number of nitrogens with two attached hydrogens (primary N) is 1. The third-order valence-electron chi connectivity index (χ3n) is 9.68. The highest BCUT2D eigenvalue weighted by molar-refractivity contribution is 5.85. The van der Waals surface area contributed by atoms with E-state index < -0.39 is 5.97 Å². The molecule has 2 fully saturated rings. The summed E-state index contributed by atoms with van der Waals surface area (Å²) in [5.74, 6) is 3.33. The van der Waals surface area contributed by atoms with Gasteiger partial charge in [0.2, 0.25) is 5.95 Å². The highest BCUT2D eigenvalue weighted by Gasteiger charge is 2.29. The number of carboxylic acids is 1. The van der Waals surface area contributed by atoms with E-state index in [1.807, 2.05) is 30.3 Å². The second-order valence-corrected chi connectivity index (χ2v) is 12.5. The normalized spacial score (nSPS) is 19.2. The van der Waals surface area contributed by atoms with E-state index in [0.29, 0.717) is 24.4 Å². The van der Waals surface area contributed by atoms with E-state index >= 15 is 0 Å². The van der Waals surface area contributed by atoms with Gasteiger partial charge in [-0.2, -0.15) is 4.98 Å². The number of anilines is 2. The Bertz CT molecular complexity index is 1440. The monoisotopic (exact) mass is 672 g/mol. The number of nitrogens with zero attached hydrogens (tertiary/aromatic N) is 3. The van der Waals surface area contributed by atoms with Crippen molar-refractivity contribution in [2.75, 3.05) is 44.0 Å². The Kier molecular flexibility index (Phi) is 12.8. The van der Waals surface area contributed by atoms with Crippen LogP contribution < -0.4 is 20.1 Å². The molecule has 11 heteroatoms. The van der Waals surface area contributed by atoms with Gasteiger partial charge in [-0.1, -0.05) is 12.1 Å². The summed E-state index contributed by atoms with van der Waals surface area (Å²) in [6.45, 7) is 3.95. The molecule has 6 rings (SSSR count). The van der Waals surface area contributed by atoms with Gasteiger partial charge < -0.3 is 30.0 Å². The van der Waals surface area contributed by atoms with Crippen molar-refractivity contribution in [2.24, 2.45) is 17.8 Å². The molecular weight excluding hydrogens is 627 g/mol. The van der Waals surface area contributed by atoms with Gasteiger partial charge in [0.25, 0.3) is 0 Å². The van der Waals surface area contributed by atoms with Crippen LogP contribution in [0.4, 0.5) is 11.8 Å². The van der Waals surface area contributed by atoms with Crippen LogP contribution in [0.15, 0.2) is 42.5 Å². The third-order valence-corrected chi connectivity index (χ3v) is 9.68. The van der Waals surface area contributed by atoms with Gasteiger partial charge in [-0.25, -0.2) is 4.98 Å². The van der Waals surface area contributed by atoms with Crippen molar-refractivity contribution in [2.45, 2.75) is 64.4 Å². The summed E-state index contributed by atoms with van der Waals surface area (Å²) in [4.78, 5) is 23.0. The first-order valence-electron chi connectivity index (χ1n) is 16.1. The number of hydrogen-bond donors (Lipinski definition) is 2. The molecule has 2 heterocycles. The third kappa shape index (κ3) is 8.55. The smallest absolute Gasteiger partial charge is 0.306 e. The molecular formula is C35H46Cl2N4O5. The number of carbonyl (C=O) groups is 1. The van der Waals surface area contributed by atoms with E-state index in [2.05, 4.69) is 17.0 Å². The second kappa shape index (κ2) is 16.5. The molecule has 0 unspecified atom stereocenters. The average molecular weight is 674 g/mol. The SMILES string of the molecule is COc1ccc(COc2ccc3c(c2)CCc2c-3nc(N)nc2N2CCC(CCOCC3CCC(C(=O)O)CC3)CC2)cc1.Cl.Cl. The largest absolute Gasteiger partial charge is 0.497 e. The fourth-order valence-corrected chi connectivity index (χ4v) is 6.96. The number of aryl methyl sites for hydroxylation is 1. The Morgan fingerprint density at radius 1 is 0.935 bits per heavy atom. The van der Waals surface area contributed by atoms with Crippen molar-refractivity contribution in [3.05, 3.63) is 59.2 Å². The van der Waals surface area contributed by atoms with Crippen LogP contribution in [-0.4, -0.2) is 54.5 Å². The van der Waals surface area contributed by atoms with Gasteiger partial charge in [-0.3, -0.25) is 4.79 Å². The van der Waals surface area contributed by atoms with Crippen LogP contribution >= 0.6 is 24.8 Å². The summed E-state index contributed by atoms with van der Waals surface area (Å²) in [6, 6.07) is 14.2. The van der Waals surface area contributed by atoms with Gasteiger partial charge in [-0.05, 0) is 111 Å². The predicted molar refractivity (Wildman–Crippen MR) is 185 cm³/mol. The predicted octanol–water partition coefficient (Wildman–Crippen LogP) is 6.77. The molecule has 1 aromatic heterocycles. The highest BCUT2D eigenvalue weighted by atomic mass is 35.5. The molecule has 3 aromatic rings. The summed E-state index contributed by atoms with van der Waals surface area (Å²) in [5, 5.41) is 9.20. The molecule has 1 saturated heterocycles. The van der Waals surface area contributed by atoms with Crippen molar-refractivity contribution in [3.8, 4) is 22.8 Å². The maximum atomic E-state index is 11.2. The molecule has 1 aliphatic heterocycles. The number of aromatic nitrogens is 2. The second-order valence-electron chi connectivity index (χ2n) is 12.5. The van der Waals surface area contributed by atoms with Crippen molar-refractivity contribution in [1.29, 1.82) is 0 Å². The molecule has 0 amide bonds. The highest BCUT2D eigenvalue weighted by Crippen LogP contribution is 2.39. The summed E-state index contributed by atoms with van der Waals surface area (Å²) >= 11 is 0. The molecule has 2 aliphatic carbocycles. The van der Waals surface area contributed by atoms with Crippen LogP contribution in [0.3, 0.4) is 0 Å². The van der Waals surface area contributed by atoms with E-state index in [-0.39, 0.29) is 30.7 Å². The number of methoxy groups -OCH3 is 1. The van der Waals surface area contributed by atoms with Crippen molar-refractivity contribution >= 4 is 42.5 Å². The molecule has 3 aliphatic rings. The molecule has 3 N–H and O–H groups in total. The van der Waals surface area contributed by atoms with Gasteiger partial charge in [0.1, 0.15) is 23.9 Å². The maximum absolute atomic E-state index is 11.2. The zero-order chi connectivity index (χ0) is 30.5. The molecule has 2 aromatic carbocycles. The average Bonchev–Trinajstić information content (AvgIpc) is 3.06. The minimum Gasteiger partial charge on any atom is -0.497 e. The summed E-state index contributed by atoms with van der Waals surface area (Å²) in [7, 11) is 1.67. The number of aliphatic carboxylic acids is 1. The minimum atomic E-state index is -0.646. The van der Waals surface area contributed by atoms with E-state index in [4.69, 9.17) is 29.9 Å². The number of rotatable bonds is 11. The van der Waals surface area contributed by atoms with Crippen molar-refractivity contribution in [3.63, 3.8) is 0 Å². The van der Waals surface area contributed by atoms with Gasteiger partial charge in [0.05, 0.1) is 18.7 Å². The van der Waals surface area contributed by atoms with Crippen molar-refractivity contribution in [1.82, 2.24) is 9.97 Å². The van der Waals surface area contributed by atoms with Crippen LogP contribution in [-0.2, 0) is 29.0 Å². The first-order chi connectivity index (χ1) is 21.5. The Hall–Kier alpha value is -3.27. The van der Waals surface area contributed by atoms with Gasteiger partial charge in [0, 0.05) is 37.4 Å². The van der Waals surface area contributed by atoms with E-state index in [9.17, 15) is 9.90 Å². The van der Waals surface area contributed by atoms with Crippen LogP contribution in [0.1, 0.15) is 61.6 Å². The topological polar surface area (TPSA) is 120 Å². The molecule has 0 bridgehead atoms. The number of fused-ring (bicyclic) bond motifs is 3. The standard InChI is InChI=1S/C35H44N4O5.2ClH/c1-42-28-9-4-25(5-10-28)22-44-29-11-13-30-27(20-29)8-12-31-32(30)37-35(36)38-33(31)39-17-14-23(15-18-39)16-19-43-21-24-2-6-26(7-3-24)34(40)41;;/h4-5,9-11,13,20,23-24,26H,2-3,6-8,12,14-19,21-22H2,1H3,(H,40,41)(H2,36,37,38);2*1H. The Balaban J connectivity index is 0.00000240. The minimum absolute atomic E-state index is 0. The lowest BCUT2D eigenvalue weighted by atomic mass is 9.82. The van der Waals surface area contributed by atoms with E-state index in [1.165, 1.54) is 11.1 Å². The summed E-state index contributed by atoms with van der Waals surface area (Å²) in [6.07, 6.45) is 8.57. The number of piperidine rings is 1. The Labute approximate surface area is 284 Å². The number of hydrogen-bond acceptors (Lipinski definition) is 8. The van der Waals surface area contributed by atoms with Crippen molar-refractivity contribution < 1.29 is 24.1 Å². The lowest BCUT2D eigenvalue weighted by Crippen LogP contribution is -2.36. The number of nitrogen functional groups attached to an aromatic ring is 1. The zero-order valence-corrected chi connectivity index (χ0v) is 28.1. The maximum Gasteiger partial charge on any atom is 0.306 e. The molecule has 1 saturated carbocycles. The summed E-state index contributed by atoms with van der Waals surface area (Å²) < 4.78 is 17.4. The molecule has 0 atom stereocenters. The van der Waals surface area contributed by atoms with E-state index in [0.717, 1.165) is 118 Å². The van der Waals surface area contributed by atoms with Gasteiger partial charge in [-0.15, -0.1) is 24.8 Å². The lowest BCUT2D eigenvalue weighted by Gasteiger charge is -2.35. The molecule has 0 spiro atoms. The van der Waals surface area contributed by atoms with Gasteiger partial charge >= 0.3 is 5.97 Å². The summed E-state index contributed by atoms with van der Waals surface area (Å²) in [5.41, 5.74) is 11.8. The zero-order valence-electron chi connectivity index (χ0n) is 26.5. The lowest BCUT2D eigenvalue weighted by molar-refractivity contribution is -0.143. The Morgan fingerprint density at radius 2 is 1.65 bits per heavy atom. The molecule has 46 heavy (non-hydrogen) atoms. The fourth-order valence-electron chi connectivity index (χ4n) is 6.96. The first kappa shape index (κ1) is 35.6. The van der Waals surface area contributed by atoms with Crippen LogP contribution in [0, 0.1) is 17.8 Å². The van der Waals surface area contributed by atoms with Crippen LogP contribution in [0.2, 0.25) is 0 Å². The Morgan fingerprint density at radius 3 is 2.35 bits per heavy atom. The quantitative estimate of drug-likeness (QED) is 0.213.